The van der Waals surface area contributed by atoms with Crippen LogP contribution in [0, 0.1) is 5.82 Å². The van der Waals surface area contributed by atoms with E-state index in [0.29, 0.717) is 10.8 Å². The van der Waals surface area contributed by atoms with Gasteiger partial charge in [0, 0.05) is 6.54 Å². The molecule has 0 unspecified atom stereocenters. The number of aromatic nitrogens is 2. The van der Waals surface area contributed by atoms with E-state index in [1.807, 2.05) is 5.32 Å². The maximum Gasteiger partial charge on any atom is 0.329 e. The number of aromatic amines is 1. The van der Waals surface area contributed by atoms with Gasteiger partial charge < -0.3 is 32.3 Å². The van der Waals surface area contributed by atoms with Gasteiger partial charge in [0.2, 0.25) is 17.6 Å². The van der Waals surface area contributed by atoms with Gasteiger partial charge in [-0.3, -0.25) is 33.7 Å². The molecular weight excluding hydrogens is 437 g/mol. The smallest absolute Gasteiger partial charge is 0.329 e. The second kappa shape index (κ2) is 11.8. The number of hydrogen-bond acceptors (Lipinski definition) is 7. The minimum Gasteiger partial charge on any atom is -0.481 e. The number of guanidine groups is 1. The Morgan fingerprint density at radius 2 is 1.88 bits per heavy atom. The third-order valence-electron chi connectivity index (χ3n) is 3.93. The Kier molecular flexibility index (Phi) is 9.53. The van der Waals surface area contributed by atoms with Gasteiger partial charge in [-0.1, -0.05) is 0 Å². The molecule has 0 bridgehead atoms. The number of carboxylic acid groups (broad SMARTS) is 2. The molecule has 15 nitrogen and oxygen atoms in total. The largest absolute Gasteiger partial charge is 0.481 e. The molecule has 0 aliphatic carbocycles. The van der Waals surface area contributed by atoms with E-state index in [9.17, 15) is 33.2 Å². The van der Waals surface area contributed by atoms with E-state index in [1.54, 1.807) is 4.98 Å². The van der Waals surface area contributed by atoms with Crippen molar-refractivity contribution in [1.29, 1.82) is 0 Å². The number of nitrogens with zero attached hydrogens (tertiary/aromatic N) is 2. The summed E-state index contributed by atoms with van der Waals surface area (Å²) in [5.41, 5.74) is 8.01. The summed E-state index contributed by atoms with van der Waals surface area (Å²) in [6, 6.07) is -3.12. The van der Waals surface area contributed by atoms with Crippen LogP contribution in [-0.2, 0) is 19.2 Å². The molecule has 176 valence electrons. The van der Waals surface area contributed by atoms with Crippen molar-refractivity contribution in [2.75, 3.05) is 13.1 Å². The molecule has 0 aromatic carbocycles. The van der Waals surface area contributed by atoms with Crippen molar-refractivity contribution in [2.45, 2.75) is 31.3 Å². The lowest BCUT2D eigenvalue weighted by Gasteiger charge is -2.19. The Bertz CT molecular complexity index is 1010. The van der Waals surface area contributed by atoms with Gasteiger partial charge in [0.15, 0.2) is 5.96 Å². The summed E-state index contributed by atoms with van der Waals surface area (Å²) in [4.78, 5) is 74.8. The van der Waals surface area contributed by atoms with Gasteiger partial charge in [0.1, 0.15) is 12.1 Å². The maximum absolute atomic E-state index is 13.7. The highest BCUT2D eigenvalue weighted by molar-refractivity contribution is 5.90. The lowest BCUT2D eigenvalue weighted by Crippen LogP contribution is -2.48. The van der Waals surface area contributed by atoms with Gasteiger partial charge >= 0.3 is 17.6 Å². The number of nitrogens with one attached hydrogen (secondary N) is 3. The molecule has 1 heterocycles. The molecule has 2 amide bonds. The summed E-state index contributed by atoms with van der Waals surface area (Å²) >= 11 is 0. The van der Waals surface area contributed by atoms with Gasteiger partial charge in [-0.25, -0.2) is 9.59 Å². The Morgan fingerprint density at radius 1 is 1.22 bits per heavy atom. The van der Waals surface area contributed by atoms with Gasteiger partial charge in [-0.2, -0.15) is 4.39 Å². The quantitative estimate of drug-likeness (QED) is 0.0919. The molecule has 0 aliphatic heterocycles. The van der Waals surface area contributed by atoms with Crippen LogP contribution in [0.2, 0.25) is 0 Å². The van der Waals surface area contributed by atoms with Crippen molar-refractivity contribution < 1.29 is 33.8 Å². The number of aliphatic imine (C=N–C) groups is 1. The fourth-order valence-electron chi connectivity index (χ4n) is 2.49. The lowest BCUT2D eigenvalue weighted by atomic mass is 10.1. The molecule has 0 aliphatic rings. The number of halogens is 1. The Labute approximate surface area is 178 Å². The number of hydrogen-bond donors (Lipinski definition) is 7. The monoisotopic (exact) mass is 459 g/mol. The second-order valence-electron chi connectivity index (χ2n) is 6.38. The van der Waals surface area contributed by atoms with E-state index >= 15 is 0 Å². The second-order valence-corrected chi connectivity index (χ2v) is 6.38. The number of H-pyrrole nitrogens is 1. The van der Waals surface area contributed by atoms with Crippen molar-refractivity contribution >= 4 is 29.7 Å². The molecule has 0 saturated carbocycles. The first-order chi connectivity index (χ1) is 14.9. The normalized spacial score (nSPS) is 12.3. The third kappa shape index (κ3) is 8.25. The highest BCUT2D eigenvalue weighted by Crippen LogP contribution is 2.12. The predicted molar refractivity (Wildman–Crippen MR) is 105 cm³/mol. The number of rotatable bonds is 12. The van der Waals surface area contributed by atoms with E-state index in [4.69, 9.17) is 21.7 Å². The van der Waals surface area contributed by atoms with Gasteiger partial charge in [-0.05, 0) is 12.8 Å². The molecule has 0 spiro atoms. The molecule has 0 saturated heterocycles. The molecule has 1 aromatic heterocycles. The van der Waals surface area contributed by atoms with Crippen LogP contribution in [0.5, 0.6) is 0 Å². The van der Waals surface area contributed by atoms with Crippen LogP contribution in [0.1, 0.15) is 25.3 Å². The van der Waals surface area contributed by atoms with Crippen molar-refractivity contribution in [2.24, 2.45) is 16.5 Å². The van der Waals surface area contributed by atoms with Crippen LogP contribution < -0.4 is 33.3 Å². The number of carbonyl (C=O) groups is 4. The fraction of sp³-hybridized carbons (Fsp3) is 0.438. The van der Waals surface area contributed by atoms with E-state index in [0.717, 1.165) is 0 Å². The molecule has 0 fully saturated rings. The van der Waals surface area contributed by atoms with Crippen LogP contribution in [-0.4, -0.2) is 68.6 Å². The molecule has 1 aromatic rings. The summed E-state index contributed by atoms with van der Waals surface area (Å²) in [6.07, 6.45) is -0.324. The minimum absolute atomic E-state index is 0.0582. The molecule has 16 heteroatoms. The number of nitrogens with two attached hydrogens (primary N) is 2. The first kappa shape index (κ1) is 25.8. The van der Waals surface area contributed by atoms with E-state index in [-0.39, 0.29) is 25.3 Å². The lowest BCUT2D eigenvalue weighted by molar-refractivity contribution is -0.147. The highest BCUT2D eigenvalue weighted by atomic mass is 19.1. The Hall–Kier alpha value is -4.24. The zero-order valence-corrected chi connectivity index (χ0v) is 16.5. The van der Waals surface area contributed by atoms with E-state index in [2.05, 4.69) is 10.3 Å². The Balaban J connectivity index is 2.95. The summed E-state index contributed by atoms with van der Waals surface area (Å²) in [7, 11) is 0. The molecule has 0 radical (unpaired) electrons. The average Bonchev–Trinajstić information content (AvgIpc) is 2.68. The Morgan fingerprint density at radius 3 is 2.44 bits per heavy atom. The third-order valence-corrected chi connectivity index (χ3v) is 3.93. The number of aliphatic carboxylic acids is 2. The average molecular weight is 459 g/mol. The summed E-state index contributed by atoms with van der Waals surface area (Å²) < 4.78 is 14.3. The van der Waals surface area contributed by atoms with E-state index < -0.39 is 65.9 Å². The first-order valence-corrected chi connectivity index (χ1v) is 9.00. The zero-order valence-electron chi connectivity index (χ0n) is 16.5. The molecule has 32 heavy (non-hydrogen) atoms. The van der Waals surface area contributed by atoms with Crippen molar-refractivity contribution in [1.82, 2.24) is 20.2 Å². The fourth-order valence-corrected chi connectivity index (χ4v) is 2.49. The van der Waals surface area contributed by atoms with Gasteiger partial charge in [-0.15, -0.1) is 0 Å². The van der Waals surface area contributed by atoms with Gasteiger partial charge in [0.05, 0.1) is 19.2 Å². The highest BCUT2D eigenvalue weighted by Gasteiger charge is 2.25. The molecule has 2 atom stereocenters. The topological polar surface area (TPSA) is 252 Å². The SMILES string of the molecule is NC(N)=NCCC[C@H](C(=O)NCC(=O)N[C@@H](CC(=O)O)C(=O)O)n1cc(F)c(=O)[nH]c1=O. The van der Waals surface area contributed by atoms with Crippen LogP contribution in [0.3, 0.4) is 0 Å². The van der Waals surface area contributed by atoms with Crippen molar-refractivity contribution in [3.63, 3.8) is 0 Å². The van der Waals surface area contributed by atoms with Crippen LogP contribution >= 0.6 is 0 Å². The van der Waals surface area contributed by atoms with E-state index in [1.165, 1.54) is 0 Å². The maximum atomic E-state index is 13.7. The number of carbonyl (C=O) groups excluding carboxylic acids is 2. The minimum atomic E-state index is -1.73. The zero-order chi connectivity index (χ0) is 24.4. The number of carboxylic acids is 2. The number of amides is 2. The van der Waals surface area contributed by atoms with Crippen LogP contribution in [0.15, 0.2) is 20.8 Å². The molecule has 9 N–H and O–H groups in total. The van der Waals surface area contributed by atoms with Crippen LogP contribution in [0.25, 0.3) is 0 Å². The predicted octanol–water partition coefficient (Wildman–Crippen LogP) is -3.57. The van der Waals surface area contributed by atoms with Crippen LogP contribution in [0.4, 0.5) is 4.39 Å². The van der Waals surface area contributed by atoms with Gasteiger partial charge in [0.25, 0.3) is 5.56 Å². The standard InChI is InChI=1S/C16H22FN7O8/c17-7-6-24(16(32)23-12(7)28)9(2-1-3-20-15(18)19)13(29)21-5-10(25)22-8(14(30)31)4-11(26)27/h6,8-9H,1-5H2,(H,21,29)(H,22,25)(H,26,27)(H,30,31)(H4,18,19,20)(H,23,28,32)/t8-,9+/m0/s1. The summed E-state index contributed by atoms with van der Waals surface area (Å²) in [5, 5.41) is 21.7. The van der Waals surface area contributed by atoms with Crippen molar-refractivity contribution in [3.8, 4) is 0 Å². The molecular formula is C16H22FN7O8. The van der Waals surface area contributed by atoms with Crippen molar-refractivity contribution in [3.05, 3.63) is 32.9 Å². The summed E-state index contributed by atoms with van der Waals surface area (Å²) in [6.45, 7) is -0.712. The first-order valence-electron chi connectivity index (χ1n) is 9.00. The molecule has 1 rings (SSSR count). The summed E-state index contributed by atoms with van der Waals surface area (Å²) in [5.74, 6) is -6.58.